The number of rotatable bonds is 3. The van der Waals surface area contributed by atoms with E-state index in [4.69, 9.17) is 16.0 Å². The van der Waals surface area contributed by atoms with Gasteiger partial charge in [-0.1, -0.05) is 32.4 Å². The molecule has 0 aliphatic heterocycles. The van der Waals surface area contributed by atoms with Crippen LogP contribution < -0.4 is 4.43 Å². The summed E-state index contributed by atoms with van der Waals surface area (Å²) >= 11 is 5.77. The van der Waals surface area contributed by atoms with Crippen LogP contribution >= 0.6 is 11.6 Å². The molecular weight excluding hydrogens is 270 g/mol. The fourth-order valence-corrected chi connectivity index (χ4v) is 2.35. The van der Waals surface area contributed by atoms with Gasteiger partial charge in [0.2, 0.25) is 8.32 Å². The van der Waals surface area contributed by atoms with E-state index in [2.05, 4.69) is 33.9 Å². The van der Waals surface area contributed by atoms with Gasteiger partial charge in [-0.25, -0.2) is 0 Å². The Bertz CT molecular complexity index is 469. The maximum absolute atomic E-state index is 10.8. The SMILES string of the molecule is CC(C)(C)[Si](C)(C)Oc1ccc(Cl)c([N+](=O)[O-])c1. The average Bonchev–Trinajstić information content (AvgIpc) is 2.18. The van der Waals surface area contributed by atoms with Gasteiger partial charge in [-0.05, 0) is 30.3 Å². The molecule has 0 aliphatic carbocycles. The molecule has 4 nitrogen and oxygen atoms in total. The molecule has 0 aliphatic rings. The second kappa shape index (κ2) is 4.89. The summed E-state index contributed by atoms with van der Waals surface area (Å²) in [5.41, 5.74) is -0.118. The van der Waals surface area contributed by atoms with Crippen molar-refractivity contribution in [1.29, 1.82) is 0 Å². The lowest BCUT2D eigenvalue weighted by Crippen LogP contribution is -2.43. The van der Waals surface area contributed by atoms with Gasteiger partial charge in [0.1, 0.15) is 10.8 Å². The first-order chi connectivity index (χ1) is 8.04. The van der Waals surface area contributed by atoms with Crippen LogP contribution in [0.5, 0.6) is 5.75 Å². The molecule has 0 atom stereocenters. The predicted molar refractivity (Wildman–Crippen MR) is 75.9 cm³/mol. The van der Waals surface area contributed by atoms with Gasteiger partial charge in [0.15, 0.2) is 0 Å². The standard InChI is InChI=1S/C12H18ClNO3Si/c1-12(2,3)18(4,5)17-9-6-7-10(13)11(8-9)14(15)16/h6-8H,1-5H3. The van der Waals surface area contributed by atoms with Crippen molar-refractivity contribution in [1.82, 2.24) is 0 Å². The van der Waals surface area contributed by atoms with E-state index in [1.165, 1.54) is 12.1 Å². The molecular formula is C12H18ClNO3Si. The van der Waals surface area contributed by atoms with Gasteiger partial charge in [-0.2, -0.15) is 0 Å². The van der Waals surface area contributed by atoms with Crippen LogP contribution in [0.3, 0.4) is 0 Å². The summed E-state index contributed by atoms with van der Waals surface area (Å²) in [6, 6.07) is 4.57. The molecule has 100 valence electrons. The first kappa shape index (κ1) is 15.0. The Morgan fingerprint density at radius 2 is 1.89 bits per heavy atom. The van der Waals surface area contributed by atoms with Crippen LogP contribution in [0.1, 0.15) is 20.8 Å². The Hall–Kier alpha value is -1.07. The zero-order valence-corrected chi connectivity index (χ0v) is 13.0. The molecule has 0 radical (unpaired) electrons. The van der Waals surface area contributed by atoms with Crippen LogP contribution in [-0.2, 0) is 0 Å². The molecule has 18 heavy (non-hydrogen) atoms. The van der Waals surface area contributed by atoms with Gasteiger partial charge in [0, 0.05) is 0 Å². The van der Waals surface area contributed by atoms with Crippen LogP contribution in [0.4, 0.5) is 5.69 Å². The Kier molecular flexibility index (Phi) is 4.07. The highest BCUT2D eigenvalue weighted by atomic mass is 35.5. The minimum absolute atomic E-state index is 0.0431. The van der Waals surface area contributed by atoms with Crippen molar-refractivity contribution < 1.29 is 9.35 Å². The topological polar surface area (TPSA) is 52.4 Å². The monoisotopic (exact) mass is 287 g/mol. The normalized spacial score (nSPS) is 12.3. The van der Waals surface area contributed by atoms with Crippen LogP contribution in [0.25, 0.3) is 0 Å². The van der Waals surface area contributed by atoms with Crippen LogP contribution in [0.2, 0.25) is 23.2 Å². The van der Waals surface area contributed by atoms with E-state index in [0.717, 1.165) is 0 Å². The van der Waals surface area contributed by atoms with Crippen LogP contribution in [-0.4, -0.2) is 13.2 Å². The first-order valence-corrected chi connectivity index (χ1v) is 8.96. The van der Waals surface area contributed by atoms with Crippen LogP contribution in [0, 0.1) is 10.1 Å². The highest BCUT2D eigenvalue weighted by molar-refractivity contribution is 6.74. The van der Waals surface area contributed by atoms with E-state index in [1.807, 2.05) is 0 Å². The zero-order chi connectivity index (χ0) is 14.1. The molecule has 0 N–H and O–H groups in total. The number of nitro benzene ring substituents is 1. The Morgan fingerprint density at radius 3 is 2.33 bits per heavy atom. The van der Waals surface area contributed by atoms with Crippen LogP contribution in [0.15, 0.2) is 18.2 Å². The van der Waals surface area contributed by atoms with E-state index in [-0.39, 0.29) is 15.7 Å². The van der Waals surface area contributed by atoms with Gasteiger partial charge in [0.25, 0.3) is 5.69 Å². The first-order valence-electron chi connectivity index (χ1n) is 5.67. The molecule has 0 heterocycles. The number of halogens is 1. The van der Waals surface area contributed by atoms with Gasteiger partial charge in [-0.3, -0.25) is 10.1 Å². The molecule has 0 bridgehead atoms. The summed E-state index contributed by atoms with van der Waals surface area (Å²) in [5, 5.41) is 11.0. The van der Waals surface area contributed by atoms with Crippen molar-refractivity contribution >= 4 is 25.6 Å². The van der Waals surface area contributed by atoms with Crippen molar-refractivity contribution in [2.24, 2.45) is 0 Å². The highest BCUT2D eigenvalue weighted by Gasteiger charge is 2.39. The Balaban J connectivity index is 3.07. The zero-order valence-electron chi connectivity index (χ0n) is 11.3. The Morgan fingerprint density at radius 1 is 1.33 bits per heavy atom. The molecule has 0 amide bonds. The third-order valence-corrected chi connectivity index (χ3v) is 7.97. The number of hydrogen-bond acceptors (Lipinski definition) is 3. The van der Waals surface area contributed by atoms with E-state index < -0.39 is 13.2 Å². The van der Waals surface area contributed by atoms with Crippen molar-refractivity contribution in [2.45, 2.75) is 38.9 Å². The summed E-state index contributed by atoms with van der Waals surface area (Å²) in [5.74, 6) is 0.512. The maximum Gasteiger partial charge on any atom is 0.291 e. The molecule has 6 heteroatoms. The highest BCUT2D eigenvalue weighted by Crippen LogP contribution is 2.38. The average molecular weight is 288 g/mol. The van der Waals surface area contributed by atoms with Gasteiger partial charge >= 0.3 is 0 Å². The van der Waals surface area contributed by atoms with Crippen molar-refractivity contribution in [3.63, 3.8) is 0 Å². The quantitative estimate of drug-likeness (QED) is 0.462. The lowest BCUT2D eigenvalue weighted by molar-refractivity contribution is -0.384. The number of nitro groups is 1. The van der Waals surface area contributed by atoms with Gasteiger partial charge in [-0.15, -0.1) is 0 Å². The molecule has 0 spiro atoms. The summed E-state index contributed by atoms with van der Waals surface area (Å²) in [6.07, 6.45) is 0. The third-order valence-electron chi connectivity index (χ3n) is 3.29. The molecule has 0 fully saturated rings. The summed E-state index contributed by atoms with van der Waals surface area (Å²) in [4.78, 5) is 10.3. The maximum atomic E-state index is 10.8. The second-order valence-electron chi connectivity index (χ2n) is 5.73. The summed E-state index contributed by atoms with van der Waals surface area (Å²) in [7, 11) is -1.99. The Labute approximate surface area is 113 Å². The van der Waals surface area contributed by atoms with Gasteiger partial charge in [0.05, 0.1) is 11.0 Å². The van der Waals surface area contributed by atoms with E-state index in [1.54, 1.807) is 6.07 Å². The minimum Gasteiger partial charge on any atom is -0.543 e. The summed E-state index contributed by atoms with van der Waals surface area (Å²) in [6.45, 7) is 10.5. The molecule has 0 saturated heterocycles. The van der Waals surface area contributed by atoms with E-state index in [0.29, 0.717) is 5.75 Å². The van der Waals surface area contributed by atoms with Gasteiger partial charge < -0.3 is 4.43 Å². The second-order valence-corrected chi connectivity index (χ2v) is 10.9. The summed E-state index contributed by atoms with van der Waals surface area (Å²) < 4.78 is 5.99. The molecule has 1 aromatic rings. The lowest BCUT2D eigenvalue weighted by atomic mass is 10.2. The molecule has 0 saturated carbocycles. The smallest absolute Gasteiger partial charge is 0.291 e. The fraction of sp³-hybridized carbons (Fsp3) is 0.500. The van der Waals surface area contributed by atoms with Crippen molar-refractivity contribution in [2.75, 3.05) is 0 Å². The largest absolute Gasteiger partial charge is 0.543 e. The molecule has 0 unspecified atom stereocenters. The van der Waals surface area contributed by atoms with Crippen molar-refractivity contribution in [3.05, 3.63) is 33.3 Å². The van der Waals surface area contributed by atoms with Crippen molar-refractivity contribution in [3.8, 4) is 5.75 Å². The third kappa shape index (κ3) is 3.23. The van der Waals surface area contributed by atoms with E-state index in [9.17, 15) is 10.1 Å². The van der Waals surface area contributed by atoms with E-state index >= 15 is 0 Å². The predicted octanol–water partition coefficient (Wildman–Crippen LogP) is 4.63. The molecule has 1 rings (SSSR count). The number of hydrogen-bond donors (Lipinski definition) is 0. The number of nitrogens with zero attached hydrogens (tertiary/aromatic N) is 1. The minimum atomic E-state index is -1.99. The molecule has 1 aromatic carbocycles. The number of benzene rings is 1. The lowest BCUT2D eigenvalue weighted by Gasteiger charge is -2.36. The fourth-order valence-electron chi connectivity index (χ4n) is 1.14. The molecule has 0 aromatic heterocycles.